The van der Waals surface area contributed by atoms with E-state index in [0.29, 0.717) is 0 Å². The SMILES string of the molecule is Nc1c(Br)ccc(C(F)(F)F)c1O. The number of alkyl halides is 3. The monoisotopic (exact) mass is 255 g/mol. The van der Waals surface area contributed by atoms with Crippen molar-refractivity contribution >= 4 is 21.6 Å². The van der Waals surface area contributed by atoms with Crippen LogP contribution in [0, 0.1) is 0 Å². The summed E-state index contributed by atoms with van der Waals surface area (Å²) in [6.45, 7) is 0. The molecule has 0 amide bonds. The molecule has 3 N–H and O–H groups in total. The van der Waals surface area contributed by atoms with Gasteiger partial charge in [-0.15, -0.1) is 0 Å². The third kappa shape index (κ3) is 1.88. The lowest BCUT2D eigenvalue weighted by atomic mass is 10.1. The Bertz CT molecular complexity index is 337. The predicted molar refractivity (Wildman–Crippen MR) is 45.2 cm³/mol. The Hall–Kier alpha value is -0.910. The highest BCUT2D eigenvalue weighted by molar-refractivity contribution is 9.10. The summed E-state index contributed by atoms with van der Waals surface area (Å²) in [5.41, 5.74) is 3.74. The highest BCUT2D eigenvalue weighted by atomic mass is 79.9. The van der Waals surface area contributed by atoms with Crippen LogP contribution in [-0.2, 0) is 6.18 Å². The Balaban J connectivity index is 3.35. The Kier molecular flexibility index (Phi) is 2.42. The van der Waals surface area contributed by atoms with Gasteiger partial charge in [0.2, 0.25) is 0 Å². The largest absolute Gasteiger partial charge is 0.505 e. The van der Waals surface area contributed by atoms with E-state index in [2.05, 4.69) is 15.9 Å². The number of anilines is 1. The van der Waals surface area contributed by atoms with E-state index in [9.17, 15) is 13.2 Å². The highest BCUT2D eigenvalue weighted by Crippen LogP contribution is 2.41. The molecule has 0 saturated heterocycles. The summed E-state index contributed by atoms with van der Waals surface area (Å²) in [6.07, 6.45) is -4.58. The average molecular weight is 256 g/mol. The molecule has 6 heteroatoms. The molecule has 0 unspecified atom stereocenters. The van der Waals surface area contributed by atoms with Crippen LogP contribution >= 0.6 is 15.9 Å². The van der Waals surface area contributed by atoms with Gasteiger partial charge in [0.25, 0.3) is 0 Å². The van der Waals surface area contributed by atoms with E-state index >= 15 is 0 Å². The van der Waals surface area contributed by atoms with Gasteiger partial charge in [0.05, 0.1) is 11.3 Å². The molecule has 0 saturated carbocycles. The molecular weight excluding hydrogens is 251 g/mol. The smallest absolute Gasteiger partial charge is 0.420 e. The first-order valence-corrected chi connectivity index (χ1v) is 3.97. The van der Waals surface area contributed by atoms with Crippen molar-refractivity contribution in [1.29, 1.82) is 0 Å². The number of benzene rings is 1. The van der Waals surface area contributed by atoms with E-state index in [0.717, 1.165) is 12.1 Å². The summed E-state index contributed by atoms with van der Waals surface area (Å²) in [6, 6.07) is 1.90. The summed E-state index contributed by atoms with van der Waals surface area (Å²) >= 11 is 2.89. The minimum Gasteiger partial charge on any atom is -0.505 e. The maximum absolute atomic E-state index is 12.1. The second-order valence-corrected chi connectivity index (χ2v) is 3.21. The number of phenolic OH excluding ortho intramolecular Hbond substituents is 1. The Morgan fingerprint density at radius 1 is 1.31 bits per heavy atom. The van der Waals surface area contributed by atoms with Gasteiger partial charge < -0.3 is 10.8 Å². The quantitative estimate of drug-likeness (QED) is 0.553. The molecule has 0 atom stereocenters. The van der Waals surface area contributed by atoms with Crippen LogP contribution in [-0.4, -0.2) is 5.11 Å². The average Bonchev–Trinajstić information content (AvgIpc) is 1.98. The molecule has 0 aliphatic rings. The maximum atomic E-state index is 12.1. The molecule has 13 heavy (non-hydrogen) atoms. The summed E-state index contributed by atoms with van der Waals surface area (Å²) in [7, 11) is 0. The second-order valence-electron chi connectivity index (χ2n) is 2.35. The molecule has 1 rings (SSSR count). The van der Waals surface area contributed by atoms with Crippen molar-refractivity contribution in [3.8, 4) is 5.75 Å². The third-order valence-corrected chi connectivity index (χ3v) is 2.16. The van der Waals surface area contributed by atoms with Crippen molar-refractivity contribution in [3.63, 3.8) is 0 Å². The molecule has 0 aliphatic carbocycles. The molecule has 1 aromatic rings. The number of aromatic hydroxyl groups is 1. The summed E-state index contributed by atoms with van der Waals surface area (Å²) < 4.78 is 36.6. The predicted octanol–water partition coefficient (Wildman–Crippen LogP) is 2.76. The second kappa shape index (κ2) is 3.10. The molecular formula is C7H5BrF3NO. The zero-order valence-electron chi connectivity index (χ0n) is 6.19. The number of phenols is 1. The number of hydrogen-bond donors (Lipinski definition) is 2. The number of nitrogens with two attached hydrogens (primary N) is 1. The fourth-order valence-corrected chi connectivity index (χ4v) is 1.13. The summed E-state index contributed by atoms with van der Waals surface area (Å²) in [5, 5.41) is 9.04. The van der Waals surface area contributed by atoms with E-state index in [1.807, 2.05) is 0 Å². The van der Waals surface area contributed by atoms with Crippen molar-refractivity contribution in [3.05, 3.63) is 22.2 Å². The molecule has 0 aromatic heterocycles. The minimum atomic E-state index is -4.58. The lowest BCUT2D eigenvalue weighted by Gasteiger charge is -2.10. The molecule has 0 radical (unpaired) electrons. The molecule has 0 spiro atoms. The maximum Gasteiger partial charge on any atom is 0.420 e. The fraction of sp³-hybridized carbons (Fsp3) is 0.143. The zero-order chi connectivity index (χ0) is 10.2. The zero-order valence-corrected chi connectivity index (χ0v) is 7.78. The molecule has 1 aromatic carbocycles. The Morgan fingerprint density at radius 3 is 2.31 bits per heavy atom. The van der Waals surface area contributed by atoms with E-state index in [4.69, 9.17) is 10.8 Å². The molecule has 72 valence electrons. The van der Waals surface area contributed by atoms with E-state index in [1.165, 1.54) is 0 Å². The lowest BCUT2D eigenvalue weighted by molar-refractivity contribution is -0.138. The van der Waals surface area contributed by atoms with Gasteiger partial charge in [0, 0.05) is 4.47 Å². The highest BCUT2D eigenvalue weighted by Gasteiger charge is 2.34. The van der Waals surface area contributed by atoms with Gasteiger partial charge in [-0.05, 0) is 28.1 Å². The molecule has 0 bridgehead atoms. The van der Waals surface area contributed by atoms with Gasteiger partial charge in [0.1, 0.15) is 0 Å². The van der Waals surface area contributed by atoms with Crippen LogP contribution in [0.4, 0.5) is 18.9 Å². The van der Waals surface area contributed by atoms with Gasteiger partial charge in [-0.1, -0.05) is 0 Å². The first kappa shape index (κ1) is 10.2. The van der Waals surface area contributed by atoms with Crippen molar-refractivity contribution in [2.75, 3.05) is 5.73 Å². The molecule has 0 fully saturated rings. The van der Waals surface area contributed by atoms with Crippen molar-refractivity contribution < 1.29 is 18.3 Å². The molecule has 2 nitrogen and oxygen atoms in total. The lowest BCUT2D eigenvalue weighted by Crippen LogP contribution is -2.06. The van der Waals surface area contributed by atoms with E-state index < -0.39 is 17.5 Å². The number of hydrogen-bond acceptors (Lipinski definition) is 2. The van der Waals surface area contributed by atoms with Crippen LogP contribution in [0.25, 0.3) is 0 Å². The van der Waals surface area contributed by atoms with Gasteiger partial charge in [-0.25, -0.2) is 0 Å². The molecule has 0 aliphatic heterocycles. The number of nitrogen functional groups attached to an aromatic ring is 1. The van der Waals surface area contributed by atoms with Gasteiger partial charge in [-0.2, -0.15) is 13.2 Å². The van der Waals surface area contributed by atoms with Crippen LogP contribution in [0.5, 0.6) is 5.75 Å². The van der Waals surface area contributed by atoms with E-state index in [-0.39, 0.29) is 10.2 Å². The van der Waals surface area contributed by atoms with Crippen LogP contribution in [0.15, 0.2) is 16.6 Å². The van der Waals surface area contributed by atoms with Crippen molar-refractivity contribution in [2.24, 2.45) is 0 Å². The van der Waals surface area contributed by atoms with Crippen LogP contribution in [0.3, 0.4) is 0 Å². The Labute approximate surface area is 80.3 Å². The van der Waals surface area contributed by atoms with E-state index in [1.54, 1.807) is 0 Å². The van der Waals surface area contributed by atoms with Gasteiger partial charge >= 0.3 is 6.18 Å². The van der Waals surface area contributed by atoms with Crippen molar-refractivity contribution in [1.82, 2.24) is 0 Å². The number of halogens is 4. The summed E-state index contributed by atoms with van der Waals surface area (Å²) in [5.74, 6) is -0.943. The summed E-state index contributed by atoms with van der Waals surface area (Å²) in [4.78, 5) is 0. The van der Waals surface area contributed by atoms with Crippen LogP contribution in [0.2, 0.25) is 0 Å². The topological polar surface area (TPSA) is 46.2 Å². The Morgan fingerprint density at radius 2 is 1.85 bits per heavy atom. The normalized spacial score (nSPS) is 11.7. The fourth-order valence-electron chi connectivity index (χ4n) is 0.812. The first-order valence-electron chi connectivity index (χ1n) is 3.18. The van der Waals surface area contributed by atoms with Crippen LogP contribution in [0.1, 0.15) is 5.56 Å². The van der Waals surface area contributed by atoms with Gasteiger partial charge in [-0.3, -0.25) is 0 Å². The first-order chi connectivity index (χ1) is 5.84. The standard InChI is InChI=1S/C7H5BrF3NO/c8-4-2-1-3(7(9,10)11)6(13)5(4)12/h1-2,13H,12H2. The molecule has 0 heterocycles. The third-order valence-electron chi connectivity index (χ3n) is 1.47. The van der Waals surface area contributed by atoms with Gasteiger partial charge in [0.15, 0.2) is 5.75 Å². The number of rotatable bonds is 0. The minimum absolute atomic E-state index is 0.234. The van der Waals surface area contributed by atoms with Crippen molar-refractivity contribution in [2.45, 2.75) is 6.18 Å². The van der Waals surface area contributed by atoms with Crippen LogP contribution < -0.4 is 5.73 Å².